The number of anilines is 2. The van der Waals surface area contributed by atoms with Crippen LogP contribution in [0.3, 0.4) is 0 Å². The number of hydrogen-bond acceptors (Lipinski definition) is 3. The molecule has 94 valence electrons. The first kappa shape index (κ1) is 13.5. The molecule has 0 aliphatic rings. The van der Waals surface area contributed by atoms with E-state index in [0.29, 0.717) is 0 Å². The third kappa shape index (κ3) is 3.46. The van der Waals surface area contributed by atoms with Gasteiger partial charge < -0.3 is 15.5 Å². The molecule has 0 aliphatic heterocycles. The molecule has 0 heterocycles. The van der Waals surface area contributed by atoms with E-state index in [1.165, 1.54) is 5.56 Å². The van der Waals surface area contributed by atoms with E-state index in [-0.39, 0.29) is 11.9 Å². The molecule has 0 aromatic heterocycles. The summed E-state index contributed by atoms with van der Waals surface area (Å²) in [5.74, 6) is -0.0268. The van der Waals surface area contributed by atoms with Crippen molar-refractivity contribution in [2.45, 2.75) is 19.9 Å². The predicted molar refractivity (Wildman–Crippen MR) is 72.7 cm³/mol. The van der Waals surface area contributed by atoms with Gasteiger partial charge in [-0.05, 0) is 38.6 Å². The normalized spacial score (nSPS) is 12.1. The Morgan fingerprint density at radius 1 is 1.35 bits per heavy atom. The fraction of sp³-hybridized carbons (Fsp3) is 0.462. The van der Waals surface area contributed by atoms with Crippen molar-refractivity contribution in [1.29, 1.82) is 0 Å². The lowest BCUT2D eigenvalue weighted by Crippen LogP contribution is -2.35. The summed E-state index contributed by atoms with van der Waals surface area (Å²) in [7, 11) is 5.75. The van der Waals surface area contributed by atoms with Gasteiger partial charge in [0.1, 0.15) is 0 Å². The number of aryl methyl sites for hydroxylation is 1. The molecule has 4 heteroatoms. The summed E-state index contributed by atoms with van der Waals surface area (Å²) in [5, 5.41) is 5.80. The van der Waals surface area contributed by atoms with E-state index in [0.717, 1.165) is 11.4 Å². The van der Waals surface area contributed by atoms with Gasteiger partial charge in [0.15, 0.2) is 0 Å². The molecule has 1 aromatic rings. The summed E-state index contributed by atoms with van der Waals surface area (Å²) in [6, 6.07) is 5.71. The number of carbonyl (C=O) groups is 1. The summed E-state index contributed by atoms with van der Waals surface area (Å²) in [6.07, 6.45) is 0. The Hall–Kier alpha value is -1.55. The second kappa shape index (κ2) is 5.68. The monoisotopic (exact) mass is 235 g/mol. The van der Waals surface area contributed by atoms with Gasteiger partial charge in [-0.2, -0.15) is 0 Å². The summed E-state index contributed by atoms with van der Waals surface area (Å²) >= 11 is 0. The maximum absolute atomic E-state index is 11.7. The number of amides is 1. The third-order valence-electron chi connectivity index (χ3n) is 2.78. The Bertz CT molecular complexity index is 402. The van der Waals surface area contributed by atoms with Crippen molar-refractivity contribution >= 4 is 17.3 Å². The molecule has 0 fully saturated rings. The van der Waals surface area contributed by atoms with Crippen LogP contribution in [0, 0.1) is 6.92 Å². The Kier molecular flexibility index (Phi) is 4.52. The van der Waals surface area contributed by atoms with Crippen LogP contribution in [0.1, 0.15) is 12.5 Å². The van der Waals surface area contributed by atoms with E-state index in [1.807, 2.05) is 44.1 Å². The Balaban J connectivity index is 2.86. The van der Waals surface area contributed by atoms with Crippen molar-refractivity contribution in [3.63, 3.8) is 0 Å². The van der Waals surface area contributed by atoms with Crippen LogP contribution >= 0.6 is 0 Å². The Morgan fingerprint density at radius 3 is 2.53 bits per heavy atom. The Morgan fingerprint density at radius 2 is 2.00 bits per heavy atom. The largest absolute Gasteiger partial charge is 0.377 e. The summed E-state index contributed by atoms with van der Waals surface area (Å²) in [4.78, 5) is 13.8. The smallest absolute Gasteiger partial charge is 0.241 e. The molecule has 0 saturated heterocycles. The molecule has 1 amide bonds. The Labute approximate surface area is 103 Å². The van der Waals surface area contributed by atoms with E-state index in [4.69, 9.17) is 0 Å². The number of rotatable bonds is 4. The molecule has 4 nitrogen and oxygen atoms in total. The van der Waals surface area contributed by atoms with Crippen LogP contribution in [0.5, 0.6) is 0 Å². The maximum Gasteiger partial charge on any atom is 0.241 e. The van der Waals surface area contributed by atoms with Gasteiger partial charge in [-0.3, -0.25) is 4.79 Å². The third-order valence-corrected chi connectivity index (χ3v) is 2.78. The number of benzene rings is 1. The summed E-state index contributed by atoms with van der Waals surface area (Å²) < 4.78 is 0. The number of nitrogens with zero attached hydrogens (tertiary/aromatic N) is 1. The van der Waals surface area contributed by atoms with Gasteiger partial charge in [0.25, 0.3) is 0 Å². The number of carbonyl (C=O) groups excluding carboxylic acids is 1. The first-order valence-corrected chi connectivity index (χ1v) is 5.71. The van der Waals surface area contributed by atoms with E-state index >= 15 is 0 Å². The molecule has 0 radical (unpaired) electrons. The quantitative estimate of drug-likeness (QED) is 0.833. The van der Waals surface area contributed by atoms with Crippen molar-refractivity contribution in [1.82, 2.24) is 5.32 Å². The minimum absolute atomic E-state index is 0.0268. The standard InChI is InChI=1S/C13H21N3O/c1-9-6-7-11(8-12(9)16(4)5)15-13(17)10(2)14-3/h6-8,10,14H,1-5H3,(H,15,17). The second-order valence-electron chi connectivity index (χ2n) is 4.40. The SMILES string of the molecule is CNC(C)C(=O)Nc1ccc(C)c(N(C)C)c1. The van der Waals surface area contributed by atoms with Gasteiger partial charge in [-0.1, -0.05) is 6.07 Å². The van der Waals surface area contributed by atoms with Gasteiger partial charge in [-0.25, -0.2) is 0 Å². The van der Waals surface area contributed by atoms with Gasteiger partial charge >= 0.3 is 0 Å². The zero-order chi connectivity index (χ0) is 13.0. The predicted octanol–water partition coefficient (Wildman–Crippen LogP) is 1.61. The average molecular weight is 235 g/mol. The molecule has 0 aliphatic carbocycles. The zero-order valence-electron chi connectivity index (χ0n) is 11.2. The van der Waals surface area contributed by atoms with Crippen LogP contribution in [0.15, 0.2) is 18.2 Å². The lowest BCUT2D eigenvalue weighted by molar-refractivity contribution is -0.117. The molecule has 0 spiro atoms. The highest BCUT2D eigenvalue weighted by Crippen LogP contribution is 2.22. The van der Waals surface area contributed by atoms with Gasteiger partial charge in [0.05, 0.1) is 6.04 Å². The molecule has 17 heavy (non-hydrogen) atoms. The number of hydrogen-bond donors (Lipinski definition) is 2. The average Bonchev–Trinajstić information content (AvgIpc) is 2.30. The molecule has 0 bridgehead atoms. The fourth-order valence-corrected chi connectivity index (χ4v) is 1.55. The first-order valence-electron chi connectivity index (χ1n) is 5.71. The zero-order valence-corrected chi connectivity index (χ0v) is 11.2. The summed E-state index contributed by atoms with van der Waals surface area (Å²) in [5.41, 5.74) is 3.13. The lowest BCUT2D eigenvalue weighted by Gasteiger charge is -2.18. The number of likely N-dealkylation sites (N-methyl/N-ethyl adjacent to an activating group) is 1. The van der Waals surface area contributed by atoms with Gasteiger partial charge in [0, 0.05) is 25.5 Å². The summed E-state index contributed by atoms with van der Waals surface area (Å²) in [6.45, 7) is 3.88. The van der Waals surface area contributed by atoms with E-state index in [9.17, 15) is 4.79 Å². The van der Waals surface area contributed by atoms with Crippen LogP contribution in [0.4, 0.5) is 11.4 Å². The van der Waals surface area contributed by atoms with Crippen LogP contribution in [-0.2, 0) is 4.79 Å². The highest BCUT2D eigenvalue weighted by Gasteiger charge is 2.11. The molecular weight excluding hydrogens is 214 g/mol. The molecule has 2 N–H and O–H groups in total. The molecule has 1 atom stereocenters. The van der Waals surface area contributed by atoms with Crippen molar-refractivity contribution in [3.05, 3.63) is 23.8 Å². The van der Waals surface area contributed by atoms with Crippen molar-refractivity contribution in [2.75, 3.05) is 31.4 Å². The fourth-order valence-electron chi connectivity index (χ4n) is 1.55. The molecular formula is C13H21N3O. The van der Waals surface area contributed by atoms with Crippen molar-refractivity contribution in [2.24, 2.45) is 0 Å². The highest BCUT2D eigenvalue weighted by atomic mass is 16.2. The van der Waals surface area contributed by atoms with Gasteiger partial charge in [-0.15, -0.1) is 0 Å². The van der Waals surface area contributed by atoms with Crippen LogP contribution in [0.2, 0.25) is 0 Å². The molecule has 1 aromatic carbocycles. The molecule has 1 rings (SSSR count). The second-order valence-corrected chi connectivity index (χ2v) is 4.40. The number of nitrogens with one attached hydrogen (secondary N) is 2. The van der Waals surface area contributed by atoms with Gasteiger partial charge in [0.2, 0.25) is 5.91 Å². The van der Waals surface area contributed by atoms with E-state index < -0.39 is 0 Å². The lowest BCUT2D eigenvalue weighted by atomic mass is 10.1. The van der Waals surface area contributed by atoms with Crippen molar-refractivity contribution < 1.29 is 4.79 Å². The van der Waals surface area contributed by atoms with Crippen LogP contribution in [0.25, 0.3) is 0 Å². The van der Waals surface area contributed by atoms with E-state index in [2.05, 4.69) is 17.6 Å². The minimum Gasteiger partial charge on any atom is -0.377 e. The van der Waals surface area contributed by atoms with Crippen LogP contribution < -0.4 is 15.5 Å². The van der Waals surface area contributed by atoms with Crippen molar-refractivity contribution in [3.8, 4) is 0 Å². The highest BCUT2D eigenvalue weighted by molar-refractivity contribution is 5.95. The first-order chi connectivity index (χ1) is 7.95. The molecule has 1 unspecified atom stereocenters. The maximum atomic E-state index is 11.7. The molecule has 0 saturated carbocycles. The topological polar surface area (TPSA) is 44.4 Å². The minimum atomic E-state index is -0.195. The van der Waals surface area contributed by atoms with E-state index in [1.54, 1.807) is 7.05 Å². The van der Waals surface area contributed by atoms with Crippen LogP contribution in [-0.4, -0.2) is 33.1 Å².